The molecule has 2 aliphatic rings. The number of fused-ring (bicyclic) bond motifs is 2. The average molecular weight is 332 g/mol. The third-order valence-corrected chi connectivity index (χ3v) is 5.57. The molecule has 1 saturated heterocycles. The number of hydrogen-bond donors (Lipinski definition) is 3. The Bertz CT molecular complexity index is 551. The SMILES string of the molecule is COC[C@H]1[C@H]2CC[C@@H]1N[C@H]2C(O)C(Cc1ccccc1)NC(C)=O. The second-order valence-electron chi connectivity index (χ2n) is 7.15. The van der Waals surface area contributed by atoms with Crippen molar-refractivity contribution in [3.63, 3.8) is 0 Å². The fourth-order valence-electron chi connectivity index (χ4n) is 4.54. The zero-order valence-electron chi connectivity index (χ0n) is 14.4. The lowest BCUT2D eigenvalue weighted by molar-refractivity contribution is -0.120. The first-order valence-electron chi connectivity index (χ1n) is 8.84. The standard InChI is InChI=1S/C19H28N2O3/c1-12(22)20-17(10-13-6-4-3-5-7-13)19(23)18-14-8-9-16(21-18)15(14)11-24-2/h3-7,14-19,21,23H,8-11H2,1-2H3,(H,20,22)/t14-,15+,16+,17?,18-,19?/m1/s1. The van der Waals surface area contributed by atoms with Crippen molar-refractivity contribution >= 4 is 5.91 Å². The van der Waals surface area contributed by atoms with Crippen LogP contribution in [0, 0.1) is 11.8 Å². The number of benzene rings is 1. The van der Waals surface area contributed by atoms with Crippen LogP contribution in [0.3, 0.4) is 0 Å². The summed E-state index contributed by atoms with van der Waals surface area (Å²) in [4.78, 5) is 11.6. The highest BCUT2D eigenvalue weighted by molar-refractivity contribution is 5.73. The number of aliphatic hydroxyl groups excluding tert-OH is 1. The lowest BCUT2D eigenvalue weighted by Crippen LogP contribution is -2.55. The zero-order valence-corrected chi connectivity index (χ0v) is 14.4. The quantitative estimate of drug-likeness (QED) is 0.699. The molecule has 1 saturated carbocycles. The zero-order chi connectivity index (χ0) is 17.1. The molecule has 1 aliphatic heterocycles. The fourth-order valence-corrected chi connectivity index (χ4v) is 4.54. The van der Waals surface area contributed by atoms with Gasteiger partial charge < -0.3 is 20.5 Å². The first-order valence-corrected chi connectivity index (χ1v) is 8.84. The van der Waals surface area contributed by atoms with E-state index in [1.54, 1.807) is 7.11 Å². The van der Waals surface area contributed by atoms with Gasteiger partial charge in [-0.1, -0.05) is 30.3 Å². The van der Waals surface area contributed by atoms with Crippen molar-refractivity contribution in [3.05, 3.63) is 35.9 Å². The van der Waals surface area contributed by atoms with Crippen molar-refractivity contribution in [2.45, 2.75) is 50.4 Å². The molecule has 3 rings (SSSR count). The Kier molecular flexibility index (Phi) is 5.54. The van der Waals surface area contributed by atoms with E-state index in [4.69, 9.17) is 4.74 Å². The number of carbonyl (C=O) groups is 1. The van der Waals surface area contributed by atoms with Crippen LogP contribution in [0.4, 0.5) is 0 Å². The van der Waals surface area contributed by atoms with Gasteiger partial charge in [-0.25, -0.2) is 0 Å². The van der Waals surface area contributed by atoms with Crippen LogP contribution >= 0.6 is 0 Å². The summed E-state index contributed by atoms with van der Waals surface area (Å²) in [6.45, 7) is 2.24. The number of rotatable bonds is 7. The fraction of sp³-hybridized carbons (Fsp3) is 0.632. The summed E-state index contributed by atoms with van der Waals surface area (Å²) < 4.78 is 5.36. The molecule has 6 atom stereocenters. The lowest BCUT2D eigenvalue weighted by atomic mass is 9.85. The lowest BCUT2D eigenvalue weighted by Gasteiger charge is -2.33. The van der Waals surface area contributed by atoms with E-state index in [1.165, 1.54) is 6.92 Å². The van der Waals surface area contributed by atoms with Crippen LogP contribution < -0.4 is 10.6 Å². The summed E-state index contributed by atoms with van der Waals surface area (Å²) in [6, 6.07) is 10.2. The van der Waals surface area contributed by atoms with Gasteiger partial charge >= 0.3 is 0 Å². The predicted octanol–water partition coefficient (Wildman–Crippen LogP) is 1.11. The number of piperidine rings is 1. The number of aliphatic hydroxyl groups is 1. The topological polar surface area (TPSA) is 70.6 Å². The molecule has 1 aliphatic carbocycles. The minimum absolute atomic E-state index is 0.0180. The molecule has 0 spiro atoms. The number of carbonyl (C=O) groups excluding carboxylic acids is 1. The molecule has 0 aromatic heterocycles. The third kappa shape index (κ3) is 3.63. The molecule has 1 heterocycles. The van der Waals surface area contributed by atoms with Crippen molar-refractivity contribution in [1.29, 1.82) is 0 Å². The summed E-state index contributed by atoms with van der Waals surface area (Å²) >= 11 is 0. The van der Waals surface area contributed by atoms with Gasteiger partial charge in [-0.05, 0) is 30.7 Å². The first kappa shape index (κ1) is 17.4. The van der Waals surface area contributed by atoms with Crippen molar-refractivity contribution in [1.82, 2.24) is 10.6 Å². The van der Waals surface area contributed by atoms with Gasteiger partial charge in [-0.2, -0.15) is 0 Å². The molecule has 2 bridgehead atoms. The Hall–Kier alpha value is -1.43. The number of hydrogen-bond acceptors (Lipinski definition) is 4. The van der Waals surface area contributed by atoms with E-state index < -0.39 is 6.10 Å². The summed E-state index contributed by atoms with van der Waals surface area (Å²) in [5.41, 5.74) is 1.12. The van der Waals surface area contributed by atoms with Crippen molar-refractivity contribution in [2.75, 3.05) is 13.7 Å². The summed E-state index contributed by atoms with van der Waals surface area (Å²) in [7, 11) is 1.73. The molecule has 1 aromatic rings. The molecule has 0 radical (unpaired) electrons. The van der Waals surface area contributed by atoms with Crippen LogP contribution in [0.25, 0.3) is 0 Å². The Morgan fingerprint density at radius 1 is 1.38 bits per heavy atom. The number of methoxy groups -OCH3 is 1. The molecule has 2 fully saturated rings. The number of amides is 1. The van der Waals surface area contributed by atoms with E-state index in [9.17, 15) is 9.90 Å². The maximum Gasteiger partial charge on any atom is 0.217 e. The van der Waals surface area contributed by atoms with Crippen LogP contribution in [0.1, 0.15) is 25.3 Å². The van der Waals surface area contributed by atoms with Crippen molar-refractivity contribution in [2.24, 2.45) is 11.8 Å². The van der Waals surface area contributed by atoms with Gasteiger partial charge in [0.2, 0.25) is 5.91 Å². The van der Waals surface area contributed by atoms with Gasteiger partial charge in [-0.3, -0.25) is 4.79 Å². The molecular weight excluding hydrogens is 304 g/mol. The second kappa shape index (κ2) is 7.64. The summed E-state index contributed by atoms with van der Waals surface area (Å²) in [5, 5.41) is 17.5. The van der Waals surface area contributed by atoms with E-state index in [0.29, 0.717) is 24.3 Å². The Labute approximate surface area is 143 Å². The van der Waals surface area contributed by atoms with Gasteiger partial charge in [0.1, 0.15) is 0 Å². The van der Waals surface area contributed by atoms with E-state index in [-0.39, 0.29) is 18.0 Å². The van der Waals surface area contributed by atoms with Crippen molar-refractivity contribution in [3.8, 4) is 0 Å². The number of ether oxygens (including phenoxy) is 1. The van der Waals surface area contributed by atoms with Crippen LogP contribution in [0.5, 0.6) is 0 Å². The molecular formula is C19H28N2O3. The molecule has 1 aromatic carbocycles. The Morgan fingerprint density at radius 3 is 2.79 bits per heavy atom. The molecule has 24 heavy (non-hydrogen) atoms. The van der Waals surface area contributed by atoms with Gasteiger partial charge in [-0.15, -0.1) is 0 Å². The maximum absolute atomic E-state index is 11.6. The summed E-state index contributed by atoms with van der Waals surface area (Å²) in [5.74, 6) is 0.771. The minimum Gasteiger partial charge on any atom is -0.389 e. The molecule has 1 amide bonds. The average Bonchev–Trinajstić information content (AvgIpc) is 3.11. The summed E-state index contributed by atoms with van der Waals surface area (Å²) in [6.07, 6.45) is 2.28. The normalized spacial score (nSPS) is 31.0. The monoisotopic (exact) mass is 332 g/mol. The Balaban J connectivity index is 1.72. The van der Waals surface area contributed by atoms with Crippen LogP contribution in [-0.4, -0.2) is 49.0 Å². The minimum atomic E-state index is -0.608. The molecule has 3 N–H and O–H groups in total. The highest BCUT2D eigenvalue weighted by atomic mass is 16.5. The Morgan fingerprint density at radius 2 is 2.12 bits per heavy atom. The molecule has 5 nitrogen and oxygen atoms in total. The van der Waals surface area contributed by atoms with Crippen molar-refractivity contribution < 1.29 is 14.6 Å². The highest BCUT2D eigenvalue weighted by Crippen LogP contribution is 2.42. The highest BCUT2D eigenvalue weighted by Gasteiger charge is 2.51. The van der Waals surface area contributed by atoms with Gasteiger partial charge in [0, 0.05) is 32.0 Å². The first-order chi connectivity index (χ1) is 11.6. The van der Waals surface area contributed by atoms with E-state index in [1.807, 2.05) is 30.3 Å². The maximum atomic E-state index is 11.6. The predicted molar refractivity (Wildman–Crippen MR) is 92.6 cm³/mol. The van der Waals surface area contributed by atoms with Gasteiger partial charge in [0.15, 0.2) is 0 Å². The molecule has 2 unspecified atom stereocenters. The second-order valence-corrected chi connectivity index (χ2v) is 7.15. The number of nitrogens with one attached hydrogen (secondary N) is 2. The largest absolute Gasteiger partial charge is 0.389 e. The van der Waals surface area contributed by atoms with E-state index in [0.717, 1.165) is 25.0 Å². The smallest absolute Gasteiger partial charge is 0.217 e. The van der Waals surface area contributed by atoms with Gasteiger partial charge in [0.25, 0.3) is 0 Å². The van der Waals surface area contributed by atoms with Crippen LogP contribution in [0.2, 0.25) is 0 Å². The van der Waals surface area contributed by atoms with E-state index >= 15 is 0 Å². The third-order valence-electron chi connectivity index (χ3n) is 5.57. The van der Waals surface area contributed by atoms with Crippen LogP contribution in [0.15, 0.2) is 30.3 Å². The molecule has 5 heteroatoms. The van der Waals surface area contributed by atoms with Crippen LogP contribution in [-0.2, 0) is 16.0 Å². The van der Waals surface area contributed by atoms with E-state index in [2.05, 4.69) is 10.6 Å². The molecule has 132 valence electrons. The van der Waals surface area contributed by atoms with Gasteiger partial charge in [0.05, 0.1) is 18.8 Å².